The number of rotatable bonds is 8. The van der Waals surface area contributed by atoms with Gasteiger partial charge in [-0.05, 0) is 25.2 Å². The number of aromatic nitrogens is 3. The number of ether oxygens (including phenoxy) is 2. The van der Waals surface area contributed by atoms with Crippen LogP contribution in [0.1, 0.15) is 11.3 Å². The molecule has 1 saturated heterocycles. The number of hydrogen-bond donors (Lipinski definition) is 3. The lowest BCUT2D eigenvalue weighted by Gasteiger charge is -2.32. The molecule has 0 bridgehead atoms. The number of likely N-dealkylation sites (N-methyl/N-ethyl adjacent to an activating group) is 1. The molecule has 0 unspecified atom stereocenters. The Bertz CT molecular complexity index is 1230. The van der Waals surface area contributed by atoms with Crippen LogP contribution in [0.2, 0.25) is 0 Å². The van der Waals surface area contributed by atoms with E-state index in [1.165, 1.54) is 0 Å². The Labute approximate surface area is 197 Å². The van der Waals surface area contributed by atoms with E-state index in [2.05, 4.69) is 26.9 Å². The summed E-state index contributed by atoms with van der Waals surface area (Å²) in [5.74, 6) is 0.976. The van der Waals surface area contributed by atoms with Crippen LogP contribution in [-0.4, -0.2) is 101 Å². The SMILES string of the molecule is CN1CCN(CCOC2=C/C(=N\c3c(OCCO)nn4ccccc34)C(=N)c3cc[nH]c32)CC1. The maximum atomic E-state index is 9.20. The van der Waals surface area contributed by atoms with Crippen molar-refractivity contribution in [1.82, 2.24) is 24.4 Å². The summed E-state index contributed by atoms with van der Waals surface area (Å²) >= 11 is 0. The standard InChI is InChI=1S/C24H29N7O3/c1-29-8-10-30(11-9-29)12-14-33-20-16-18(21(25)17-5-6-26-22(17)20)27-23-19-4-2-3-7-31(19)28-24(23)34-15-13-32/h2-7,16,25-26,32H,8-15H2,1H3/b25-21?,27-18+. The van der Waals surface area contributed by atoms with Crippen molar-refractivity contribution in [3.8, 4) is 5.88 Å². The van der Waals surface area contributed by atoms with Crippen molar-refractivity contribution in [2.45, 2.75) is 0 Å². The fourth-order valence-corrected chi connectivity index (χ4v) is 4.18. The van der Waals surface area contributed by atoms with Gasteiger partial charge in [-0.25, -0.2) is 9.51 Å². The summed E-state index contributed by atoms with van der Waals surface area (Å²) in [5.41, 5.74) is 3.56. The molecular formula is C24H29N7O3. The summed E-state index contributed by atoms with van der Waals surface area (Å²) in [6, 6.07) is 7.52. The number of allylic oxidation sites excluding steroid dienone is 1. The van der Waals surface area contributed by atoms with Crippen molar-refractivity contribution in [1.29, 1.82) is 5.41 Å². The van der Waals surface area contributed by atoms with Gasteiger partial charge in [0.25, 0.3) is 5.88 Å². The van der Waals surface area contributed by atoms with Gasteiger partial charge in [0.15, 0.2) is 5.69 Å². The molecular weight excluding hydrogens is 434 g/mol. The van der Waals surface area contributed by atoms with Crippen molar-refractivity contribution < 1.29 is 14.6 Å². The predicted molar refractivity (Wildman–Crippen MR) is 130 cm³/mol. The van der Waals surface area contributed by atoms with Crippen LogP contribution in [-0.2, 0) is 4.74 Å². The molecule has 2 aliphatic rings. The summed E-state index contributed by atoms with van der Waals surface area (Å²) in [4.78, 5) is 12.7. The Balaban J connectivity index is 1.43. The Hall–Kier alpha value is -3.47. The van der Waals surface area contributed by atoms with Gasteiger partial charge < -0.3 is 24.5 Å². The number of fused-ring (bicyclic) bond motifs is 2. The Morgan fingerprint density at radius 3 is 2.82 bits per heavy atom. The maximum absolute atomic E-state index is 9.20. The van der Waals surface area contributed by atoms with Crippen molar-refractivity contribution in [2.24, 2.45) is 4.99 Å². The van der Waals surface area contributed by atoms with Gasteiger partial charge in [0.05, 0.1) is 29.2 Å². The molecule has 0 aromatic carbocycles. The van der Waals surface area contributed by atoms with Gasteiger partial charge in [0, 0.05) is 56.8 Å². The zero-order chi connectivity index (χ0) is 23.5. The minimum Gasteiger partial charge on any atom is -0.490 e. The van der Waals surface area contributed by atoms with Crippen molar-refractivity contribution in [3.05, 3.63) is 54.0 Å². The fourth-order valence-electron chi connectivity index (χ4n) is 4.18. The Morgan fingerprint density at radius 1 is 1.15 bits per heavy atom. The van der Waals surface area contributed by atoms with Gasteiger partial charge in [-0.2, -0.15) is 0 Å². The van der Waals surface area contributed by atoms with E-state index in [0.29, 0.717) is 35.4 Å². The molecule has 178 valence electrons. The Morgan fingerprint density at radius 2 is 2.00 bits per heavy atom. The highest BCUT2D eigenvalue weighted by Crippen LogP contribution is 2.34. The molecule has 1 aliphatic heterocycles. The number of pyridine rings is 1. The molecule has 0 radical (unpaired) electrons. The molecule has 3 aromatic rings. The van der Waals surface area contributed by atoms with Crippen LogP contribution in [0, 0.1) is 5.41 Å². The molecule has 0 amide bonds. The van der Waals surface area contributed by atoms with Crippen LogP contribution in [0.15, 0.2) is 47.7 Å². The van der Waals surface area contributed by atoms with E-state index in [0.717, 1.165) is 49.5 Å². The number of nitrogens with zero attached hydrogens (tertiary/aromatic N) is 5. The first-order valence-corrected chi connectivity index (χ1v) is 11.5. The van der Waals surface area contributed by atoms with Gasteiger partial charge in [-0.3, -0.25) is 10.3 Å². The lowest BCUT2D eigenvalue weighted by molar-refractivity contribution is 0.127. The smallest absolute Gasteiger partial charge is 0.260 e. The molecule has 34 heavy (non-hydrogen) atoms. The molecule has 1 fully saturated rings. The molecule has 10 heteroatoms. The largest absolute Gasteiger partial charge is 0.490 e. The van der Waals surface area contributed by atoms with E-state index >= 15 is 0 Å². The number of nitrogens with one attached hydrogen (secondary N) is 2. The molecule has 10 nitrogen and oxygen atoms in total. The molecule has 1 aliphatic carbocycles. The van der Waals surface area contributed by atoms with E-state index in [1.807, 2.05) is 36.7 Å². The monoisotopic (exact) mass is 463 g/mol. The van der Waals surface area contributed by atoms with Crippen LogP contribution in [0.25, 0.3) is 11.3 Å². The van der Waals surface area contributed by atoms with Crippen molar-refractivity contribution in [2.75, 3.05) is 59.6 Å². The van der Waals surface area contributed by atoms with E-state index in [-0.39, 0.29) is 13.2 Å². The lowest BCUT2D eigenvalue weighted by atomic mass is 9.98. The number of aromatic amines is 1. The van der Waals surface area contributed by atoms with E-state index in [1.54, 1.807) is 10.6 Å². The van der Waals surface area contributed by atoms with Crippen molar-refractivity contribution >= 4 is 28.4 Å². The summed E-state index contributed by atoms with van der Waals surface area (Å²) in [6.45, 7) is 5.59. The number of aliphatic hydroxyl groups excluding tert-OH is 1. The average Bonchev–Trinajstić information content (AvgIpc) is 3.47. The summed E-state index contributed by atoms with van der Waals surface area (Å²) in [5, 5.41) is 22.4. The van der Waals surface area contributed by atoms with Crippen LogP contribution in [0.5, 0.6) is 5.88 Å². The van der Waals surface area contributed by atoms with Gasteiger partial charge in [0.2, 0.25) is 0 Å². The first kappa shape index (κ1) is 22.3. The fraction of sp³-hybridized carbons (Fsp3) is 0.375. The highest BCUT2D eigenvalue weighted by molar-refractivity contribution is 6.54. The number of aliphatic imine (C=N–C) groups is 1. The second kappa shape index (κ2) is 9.80. The van der Waals surface area contributed by atoms with Crippen LogP contribution >= 0.6 is 0 Å². The Kier molecular flexibility index (Phi) is 6.43. The van der Waals surface area contributed by atoms with Crippen LogP contribution in [0.3, 0.4) is 0 Å². The molecule has 5 rings (SSSR count). The molecule has 0 atom stereocenters. The topological polar surface area (TPSA) is 114 Å². The average molecular weight is 464 g/mol. The highest BCUT2D eigenvalue weighted by Gasteiger charge is 2.25. The second-order valence-corrected chi connectivity index (χ2v) is 8.40. The van der Waals surface area contributed by atoms with Crippen LogP contribution in [0.4, 0.5) is 5.69 Å². The third-order valence-corrected chi connectivity index (χ3v) is 6.09. The number of piperazine rings is 1. The number of H-pyrrole nitrogens is 1. The zero-order valence-electron chi connectivity index (χ0n) is 19.2. The number of aliphatic hydroxyl groups is 1. The van der Waals surface area contributed by atoms with E-state index in [4.69, 9.17) is 19.9 Å². The van der Waals surface area contributed by atoms with Gasteiger partial charge in [0.1, 0.15) is 19.0 Å². The molecule has 4 heterocycles. The van der Waals surface area contributed by atoms with E-state index in [9.17, 15) is 5.11 Å². The van der Waals surface area contributed by atoms with E-state index < -0.39 is 0 Å². The number of hydrogen-bond acceptors (Lipinski definition) is 8. The van der Waals surface area contributed by atoms with Gasteiger partial charge >= 0.3 is 0 Å². The molecule has 0 spiro atoms. The summed E-state index contributed by atoms with van der Waals surface area (Å²) in [6.07, 6.45) is 5.42. The summed E-state index contributed by atoms with van der Waals surface area (Å²) < 4.78 is 13.5. The molecule has 3 aromatic heterocycles. The molecule has 0 saturated carbocycles. The minimum absolute atomic E-state index is 0.109. The second-order valence-electron chi connectivity index (χ2n) is 8.40. The van der Waals surface area contributed by atoms with Gasteiger partial charge in [-0.1, -0.05) is 6.07 Å². The third-order valence-electron chi connectivity index (χ3n) is 6.09. The normalized spacial score (nSPS) is 18.4. The first-order chi connectivity index (χ1) is 16.6. The highest BCUT2D eigenvalue weighted by atomic mass is 16.5. The van der Waals surface area contributed by atoms with Crippen molar-refractivity contribution in [3.63, 3.8) is 0 Å². The summed E-state index contributed by atoms with van der Waals surface area (Å²) in [7, 11) is 2.15. The zero-order valence-corrected chi connectivity index (χ0v) is 19.2. The predicted octanol–water partition coefficient (Wildman–Crippen LogP) is 1.79. The quantitative estimate of drug-likeness (QED) is 0.469. The molecule has 3 N–H and O–H groups in total. The maximum Gasteiger partial charge on any atom is 0.260 e. The lowest BCUT2D eigenvalue weighted by Crippen LogP contribution is -2.45. The van der Waals surface area contributed by atoms with Crippen LogP contribution < -0.4 is 4.74 Å². The minimum atomic E-state index is -0.127. The third kappa shape index (κ3) is 4.47. The van der Waals surface area contributed by atoms with Gasteiger partial charge in [-0.15, -0.1) is 5.10 Å². The first-order valence-electron chi connectivity index (χ1n) is 11.5.